The van der Waals surface area contributed by atoms with E-state index in [9.17, 15) is 0 Å². The van der Waals surface area contributed by atoms with Gasteiger partial charge >= 0.3 is 0 Å². The topological polar surface area (TPSA) is 34.1 Å². The average Bonchev–Trinajstić information content (AvgIpc) is 0.811. The average molecular weight is 119 g/mol. The summed E-state index contributed by atoms with van der Waals surface area (Å²) in [6, 6.07) is 0. The zero-order chi connectivity index (χ0) is 3.58. The Balaban J connectivity index is 0. The molecule has 0 N–H and O–H groups in total. The minimum Gasteiger partial charge on any atom is -0.172 e. The standard InChI is InChI=1S/Na.O2S2/c;1-4(2)3. The van der Waals surface area contributed by atoms with Crippen LogP contribution in [-0.2, 0) is 20.5 Å². The van der Waals surface area contributed by atoms with E-state index in [0.717, 1.165) is 0 Å². The van der Waals surface area contributed by atoms with Gasteiger partial charge < -0.3 is 0 Å². The van der Waals surface area contributed by atoms with E-state index >= 15 is 0 Å². The molecule has 0 saturated carbocycles. The van der Waals surface area contributed by atoms with E-state index < -0.39 is 9.26 Å². The molecule has 0 aromatic rings. The Bertz CT molecular complexity index is 77.0. The Labute approximate surface area is 58.1 Å². The van der Waals surface area contributed by atoms with Gasteiger partial charge in [-0.15, -0.1) is 0 Å². The van der Waals surface area contributed by atoms with Gasteiger partial charge in [0.05, 0.1) is 11.2 Å². The minimum atomic E-state index is -2.28. The zero-order valence-electron chi connectivity index (χ0n) is 2.63. The van der Waals surface area contributed by atoms with Crippen molar-refractivity contribution < 1.29 is 8.42 Å². The van der Waals surface area contributed by atoms with E-state index in [1.165, 1.54) is 0 Å². The van der Waals surface area contributed by atoms with Crippen molar-refractivity contribution in [3.63, 3.8) is 0 Å². The summed E-state index contributed by atoms with van der Waals surface area (Å²) in [5.41, 5.74) is 0. The van der Waals surface area contributed by atoms with Crippen molar-refractivity contribution in [2.45, 2.75) is 0 Å². The normalized spacial score (nSPS) is 4.80. The Morgan fingerprint density at radius 2 is 1.40 bits per heavy atom. The molecule has 0 aliphatic heterocycles. The van der Waals surface area contributed by atoms with Gasteiger partial charge in [-0.05, 0) is 0 Å². The van der Waals surface area contributed by atoms with Gasteiger partial charge in [-0.25, -0.2) is 0 Å². The van der Waals surface area contributed by atoms with Crippen molar-refractivity contribution in [3.8, 4) is 0 Å². The minimum absolute atomic E-state index is 0. The van der Waals surface area contributed by atoms with Crippen LogP contribution in [0.1, 0.15) is 0 Å². The maximum Gasteiger partial charge on any atom is 0.284 e. The molecule has 0 aliphatic rings. The fourth-order valence-corrected chi connectivity index (χ4v) is 0. The molecular weight excluding hydrogens is 119 g/mol. The molecule has 25 valence electrons. The first-order valence-electron chi connectivity index (χ1n) is 0.500. The van der Waals surface area contributed by atoms with E-state index in [4.69, 9.17) is 8.42 Å². The summed E-state index contributed by atoms with van der Waals surface area (Å²) in [7, 11) is -2.28. The molecule has 0 aromatic heterocycles. The molecule has 2 nitrogen and oxygen atoms in total. The summed E-state index contributed by atoms with van der Waals surface area (Å²) in [5, 5.41) is 0. The zero-order valence-corrected chi connectivity index (χ0v) is 6.27. The van der Waals surface area contributed by atoms with Crippen LogP contribution in [0.3, 0.4) is 0 Å². The van der Waals surface area contributed by atoms with E-state index in [0.29, 0.717) is 0 Å². The van der Waals surface area contributed by atoms with Crippen molar-refractivity contribution in [3.05, 3.63) is 0 Å². The number of hydrogen-bond donors (Lipinski definition) is 0. The SMILES string of the molecule is O=S(=O)=S.[Na]. The third kappa shape index (κ3) is 43.1. The third-order valence-corrected chi connectivity index (χ3v) is 0. The maximum absolute atomic E-state index is 8.81. The summed E-state index contributed by atoms with van der Waals surface area (Å²) < 4.78 is 17.6. The van der Waals surface area contributed by atoms with Gasteiger partial charge in [0.2, 0.25) is 0 Å². The van der Waals surface area contributed by atoms with Gasteiger partial charge in [0.25, 0.3) is 9.26 Å². The molecule has 1 radical (unpaired) electrons. The second kappa shape index (κ2) is 5.04. The van der Waals surface area contributed by atoms with E-state index in [1.54, 1.807) is 0 Å². The summed E-state index contributed by atoms with van der Waals surface area (Å²) in [6.07, 6.45) is 0. The van der Waals surface area contributed by atoms with Crippen molar-refractivity contribution >= 4 is 50.0 Å². The van der Waals surface area contributed by atoms with E-state index in [-0.39, 0.29) is 29.6 Å². The molecule has 0 aromatic carbocycles. The molecule has 5 heavy (non-hydrogen) atoms. The summed E-state index contributed by atoms with van der Waals surface area (Å²) in [4.78, 5) is 0. The molecule has 0 rings (SSSR count). The van der Waals surface area contributed by atoms with Crippen LogP contribution in [0.15, 0.2) is 0 Å². The first-order chi connectivity index (χ1) is 1.73. The Hall–Kier alpha value is 1.04. The number of rotatable bonds is 0. The van der Waals surface area contributed by atoms with Crippen LogP contribution in [0.25, 0.3) is 0 Å². The van der Waals surface area contributed by atoms with E-state index in [2.05, 4.69) is 11.2 Å². The van der Waals surface area contributed by atoms with Gasteiger partial charge in [-0.1, -0.05) is 0 Å². The monoisotopic (exact) mass is 119 g/mol. The predicted octanol–water partition coefficient (Wildman–Crippen LogP) is -1.05. The van der Waals surface area contributed by atoms with Crippen LogP contribution >= 0.6 is 0 Å². The molecule has 0 fully saturated rings. The van der Waals surface area contributed by atoms with Gasteiger partial charge in [0, 0.05) is 29.6 Å². The van der Waals surface area contributed by atoms with Crippen LogP contribution in [0.5, 0.6) is 0 Å². The number of hydrogen-bond acceptors (Lipinski definition) is 3. The Morgan fingerprint density at radius 3 is 1.40 bits per heavy atom. The Kier molecular flexibility index (Phi) is 9.48. The molecule has 0 aliphatic carbocycles. The van der Waals surface area contributed by atoms with Crippen molar-refractivity contribution in [1.29, 1.82) is 0 Å². The van der Waals surface area contributed by atoms with Crippen LogP contribution in [-0.4, -0.2) is 38.0 Å². The molecule has 0 heterocycles. The van der Waals surface area contributed by atoms with Crippen LogP contribution in [0.4, 0.5) is 0 Å². The Morgan fingerprint density at radius 1 is 1.40 bits per heavy atom. The maximum atomic E-state index is 8.81. The van der Waals surface area contributed by atoms with Crippen molar-refractivity contribution in [2.24, 2.45) is 0 Å². The summed E-state index contributed by atoms with van der Waals surface area (Å²) in [5.74, 6) is 0. The van der Waals surface area contributed by atoms with Crippen molar-refractivity contribution in [2.75, 3.05) is 0 Å². The van der Waals surface area contributed by atoms with Gasteiger partial charge in [0.15, 0.2) is 0 Å². The van der Waals surface area contributed by atoms with Gasteiger partial charge in [-0.2, -0.15) is 8.42 Å². The molecule has 0 saturated heterocycles. The molecule has 0 amide bonds. The fraction of sp³-hybridized carbons (Fsp3) is 0. The molecule has 5 heteroatoms. The van der Waals surface area contributed by atoms with Crippen LogP contribution in [0, 0.1) is 0 Å². The first-order valence-corrected chi connectivity index (χ1v) is 2.50. The first kappa shape index (κ1) is 9.40. The molecular formula is NaO2S2. The molecule has 0 atom stereocenters. The smallest absolute Gasteiger partial charge is 0.172 e. The predicted molar refractivity (Wildman–Crippen MR) is 22.0 cm³/mol. The molecule has 0 spiro atoms. The second-order valence-electron chi connectivity index (χ2n) is 0.204. The van der Waals surface area contributed by atoms with Gasteiger partial charge in [-0.3, -0.25) is 0 Å². The largest absolute Gasteiger partial charge is 0.284 e. The van der Waals surface area contributed by atoms with Crippen molar-refractivity contribution in [1.82, 2.24) is 0 Å². The summed E-state index contributed by atoms with van der Waals surface area (Å²) in [6.45, 7) is 0. The summed E-state index contributed by atoms with van der Waals surface area (Å²) >= 11 is 3.54. The van der Waals surface area contributed by atoms with Crippen LogP contribution < -0.4 is 0 Å². The molecule has 0 unspecified atom stereocenters. The quantitative estimate of drug-likeness (QED) is 0.381. The second-order valence-corrected chi connectivity index (χ2v) is 1.43. The molecule has 0 bridgehead atoms. The third-order valence-electron chi connectivity index (χ3n) is 0. The van der Waals surface area contributed by atoms with Gasteiger partial charge in [0.1, 0.15) is 0 Å². The van der Waals surface area contributed by atoms with E-state index in [1.807, 2.05) is 0 Å². The van der Waals surface area contributed by atoms with Crippen LogP contribution in [0.2, 0.25) is 0 Å². The fourth-order valence-electron chi connectivity index (χ4n) is 0.